The molecule has 1 aliphatic carbocycles. The largest absolute Gasteiger partial charge is 0.480 e. The normalized spacial score (nSPS) is 25.7. The summed E-state index contributed by atoms with van der Waals surface area (Å²) in [4.78, 5) is 0. The summed E-state index contributed by atoms with van der Waals surface area (Å²) >= 11 is 0. The minimum atomic E-state index is -0.476. The predicted octanol–water partition coefficient (Wildman–Crippen LogP) is 5.90. The van der Waals surface area contributed by atoms with Gasteiger partial charge < -0.3 is 9.47 Å². The Kier molecular flexibility index (Phi) is 2.61. The third-order valence-electron chi connectivity index (χ3n) is 6.77. The second-order valence-electron chi connectivity index (χ2n) is 8.05. The van der Waals surface area contributed by atoms with E-state index in [2.05, 4.69) is 78.9 Å². The minimum Gasteiger partial charge on any atom is -0.480 e. The average Bonchev–Trinajstić information content (AvgIpc) is 3.26. The molecule has 2 nitrogen and oxygen atoms in total. The van der Waals surface area contributed by atoms with Gasteiger partial charge in [0.15, 0.2) is 11.7 Å². The lowest BCUT2D eigenvalue weighted by Gasteiger charge is -2.42. The molecule has 134 valence electrons. The van der Waals surface area contributed by atoms with E-state index in [4.69, 9.17) is 9.47 Å². The van der Waals surface area contributed by atoms with Gasteiger partial charge in [-0.1, -0.05) is 78.9 Å². The van der Waals surface area contributed by atoms with Gasteiger partial charge in [0.25, 0.3) is 0 Å². The van der Waals surface area contributed by atoms with E-state index in [-0.39, 0.29) is 12.0 Å². The van der Waals surface area contributed by atoms with Gasteiger partial charge in [-0.3, -0.25) is 0 Å². The van der Waals surface area contributed by atoms with Crippen molar-refractivity contribution in [2.45, 2.75) is 24.0 Å². The van der Waals surface area contributed by atoms with Crippen LogP contribution in [0.5, 0.6) is 11.5 Å². The van der Waals surface area contributed by atoms with Crippen molar-refractivity contribution in [3.8, 4) is 11.5 Å². The molecule has 0 saturated carbocycles. The Morgan fingerprint density at radius 1 is 0.750 bits per heavy atom. The van der Waals surface area contributed by atoms with Crippen molar-refractivity contribution in [2.24, 2.45) is 0 Å². The van der Waals surface area contributed by atoms with Crippen LogP contribution in [-0.4, -0.2) is 0 Å². The van der Waals surface area contributed by atoms with Crippen LogP contribution in [0.2, 0.25) is 0 Å². The van der Waals surface area contributed by atoms with Gasteiger partial charge in [0.2, 0.25) is 0 Å². The Balaban J connectivity index is 1.57. The van der Waals surface area contributed by atoms with Crippen LogP contribution in [0.3, 0.4) is 0 Å². The summed E-state index contributed by atoms with van der Waals surface area (Å²) in [5.74, 6) is 2.22. The van der Waals surface area contributed by atoms with E-state index in [0.717, 1.165) is 23.5 Å². The Hall–Kier alpha value is -3.26. The lowest BCUT2D eigenvalue weighted by Crippen LogP contribution is -2.44. The van der Waals surface area contributed by atoms with E-state index in [1.807, 2.05) is 6.07 Å². The second-order valence-corrected chi connectivity index (χ2v) is 8.05. The molecule has 0 fully saturated rings. The third-order valence-corrected chi connectivity index (χ3v) is 6.77. The molecule has 1 spiro atoms. The van der Waals surface area contributed by atoms with E-state index in [1.54, 1.807) is 0 Å². The summed E-state index contributed by atoms with van der Waals surface area (Å²) in [7, 11) is 0. The maximum atomic E-state index is 6.83. The van der Waals surface area contributed by atoms with Crippen molar-refractivity contribution in [3.63, 3.8) is 0 Å². The van der Waals surface area contributed by atoms with Crippen molar-refractivity contribution in [1.29, 1.82) is 0 Å². The Morgan fingerprint density at radius 3 is 2.57 bits per heavy atom. The Bertz CT molecular complexity index is 1270. The molecule has 2 unspecified atom stereocenters. The van der Waals surface area contributed by atoms with Gasteiger partial charge in [0.05, 0.1) is 0 Å². The van der Waals surface area contributed by atoms with Crippen LogP contribution in [-0.2, 0) is 12.0 Å². The van der Waals surface area contributed by atoms with Crippen molar-refractivity contribution < 1.29 is 9.47 Å². The van der Waals surface area contributed by atoms with Crippen LogP contribution in [0.1, 0.15) is 34.3 Å². The molecule has 2 aliphatic heterocycles. The van der Waals surface area contributed by atoms with Crippen LogP contribution in [0.25, 0.3) is 10.8 Å². The summed E-state index contributed by atoms with van der Waals surface area (Å²) < 4.78 is 13.6. The fraction of sp³-hybridized carbons (Fsp3) is 0.154. The predicted molar refractivity (Wildman–Crippen MR) is 109 cm³/mol. The molecule has 2 heteroatoms. The molecule has 0 aromatic heterocycles. The molecule has 0 radical (unpaired) electrons. The zero-order chi connectivity index (χ0) is 18.3. The van der Waals surface area contributed by atoms with Crippen LogP contribution in [0.15, 0.2) is 84.9 Å². The van der Waals surface area contributed by atoms with Crippen molar-refractivity contribution >= 4 is 10.8 Å². The maximum absolute atomic E-state index is 6.83. The summed E-state index contributed by atoms with van der Waals surface area (Å²) in [6, 6.07) is 30.1. The van der Waals surface area contributed by atoms with Crippen molar-refractivity contribution in [3.05, 3.63) is 107 Å². The number of hydrogen-bond acceptors (Lipinski definition) is 2. The summed E-state index contributed by atoms with van der Waals surface area (Å²) in [6.07, 6.45) is 0.852. The lowest BCUT2D eigenvalue weighted by molar-refractivity contribution is -0.0469. The molecule has 3 atom stereocenters. The summed E-state index contributed by atoms with van der Waals surface area (Å²) in [6.45, 7) is 0. The highest BCUT2D eigenvalue weighted by molar-refractivity contribution is 5.90. The summed E-state index contributed by atoms with van der Waals surface area (Å²) in [5, 5.41) is 2.41. The van der Waals surface area contributed by atoms with E-state index in [1.165, 1.54) is 27.5 Å². The second kappa shape index (κ2) is 4.96. The first kappa shape index (κ1) is 14.8. The van der Waals surface area contributed by atoms with E-state index in [0.29, 0.717) is 0 Å². The van der Waals surface area contributed by atoms with Gasteiger partial charge in [0.1, 0.15) is 11.5 Å². The molecule has 28 heavy (non-hydrogen) atoms. The van der Waals surface area contributed by atoms with Crippen molar-refractivity contribution in [2.75, 3.05) is 0 Å². The van der Waals surface area contributed by atoms with Gasteiger partial charge in [-0.15, -0.1) is 0 Å². The third kappa shape index (κ3) is 1.61. The van der Waals surface area contributed by atoms with Gasteiger partial charge in [0, 0.05) is 28.0 Å². The molecular formula is C26H18O2. The van der Waals surface area contributed by atoms with Gasteiger partial charge >= 0.3 is 0 Å². The van der Waals surface area contributed by atoms with Gasteiger partial charge in [-0.25, -0.2) is 0 Å². The highest BCUT2D eigenvalue weighted by Gasteiger charge is 2.63. The number of para-hydroxylation sites is 1. The zero-order valence-electron chi connectivity index (χ0n) is 15.3. The molecular weight excluding hydrogens is 344 g/mol. The van der Waals surface area contributed by atoms with E-state index in [9.17, 15) is 0 Å². The molecule has 0 saturated heterocycles. The molecule has 0 N–H and O–H groups in total. The summed E-state index contributed by atoms with van der Waals surface area (Å²) in [5.41, 5.74) is 4.59. The highest BCUT2D eigenvalue weighted by Crippen LogP contribution is 2.66. The molecule has 4 aromatic carbocycles. The maximum Gasteiger partial charge on any atom is 0.182 e. The zero-order valence-corrected chi connectivity index (χ0v) is 15.3. The Morgan fingerprint density at radius 2 is 1.57 bits per heavy atom. The van der Waals surface area contributed by atoms with E-state index >= 15 is 0 Å². The molecule has 0 bridgehead atoms. The molecule has 4 aromatic rings. The van der Waals surface area contributed by atoms with Crippen LogP contribution >= 0.6 is 0 Å². The van der Waals surface area contributed by atoms with E-state index < -0.39 is 5.60 Å². The lowest BCUT2D eigenvalue weighted by atomic mass is 9.74. The number of fused-ring (bicyclic) bond motifs is 7. The van der Waals surface area contributed by atoms with Crippen LogP contribution in [0.4, 0.5) is 0 Å². The first-order valence-corrected chi connectivity index (χ1v) is 9.91. The highest BCUT2D eigenvalue weighted by atomic mass is 16.6. The molecule has 0 amide bonds. The Labute approximate surface area is 163 Å². The SMILES string of the molecule is c1ccc2c(c1)CC1c3ccc4ccccc4c3O[C@H]3c4ccccc4OC213. The smallest absolute Gasteiger partial charge is 0.182 e. The first-order valence-electron chi connectivity index (χ1n) is 9.91. The van der Waals surface area contributed by atoms with Gasteiger partial charge in [-0.2, -0.15) is 0 Å². The quantitative estimate of drug-likeness (QED) is 0.388. The standard InChI is InChI=1S/C26H18O2/c1-3-9-18-16(7-1)13-14-19-22-15-17-8-2-5-11-21(17)26(22)25(27-24(18)19)20-10-4-6-12-23(20)28-26/h1-14,22,25H,15H2/t22?,25-,26?/m0/s1. The first-order chi connectivity index (χ1) is 13.9. The number of ether oxygens (including phenoxy) is 2. The molecule has 3 aliphatic rings. The molecule has 7 rings (SSSR count). The monoisotopic (exact) mass is 362 g/mol. The minimum absolute atomic E-state index is 0.129. The fourth-order valence-electron chi connectivity index (χ4n) is 5.62. The average molecular weight is 362 g/mol. The number of hydrogen-bond donors (Lipinski definition) is 0. The molecule has 2 heterocycles. The van der Waals surface area contributed by atoms with Crippen LogP contribution < -0.4 is 9.47 Å². The number of rotatable bonds is 0. The number of benzene rings is 4. The fourth-order valence-corrected chi connectivity index (χ4v) is 5.62. The van der Waals surface area contributed by atoms with Gasteiger partial charge in [-0.05, 0) is 23.4 Å². The topological polar surface area (TPSA) is 18.5 Å². The van der Waals surface area contributed by atoms with Crippen LogP contribution in [0, 0.1) is 0 Å². The van der Waals surface area contributed by atoms with Crippen molar-refractivity contribution in [1.82, 2.24) is 0 Å².